The molecule has 0 aromatic heterocycles. The lowest BCUT2D eigenvalue weighted by Crippen LogP contribution is -2.27. The van der Waals surface area contributed by atoms with Crippen LogP contribution in [0.15, 0.2) is 24.3 Å². The number of carbonyl (C=O) groups is 2. The van der Waals surface area contributed by atoms with E-state index in [-0.39, 0.29) is 11.4 Å². The molecule has 18 heavy (non-hydrogen) atoms. The number of ether oxygens (including phenoxy) is 2. The highest BCUT2D eigenvalue weighted by Gasteiger charge is 2.18. The number of nitrogens with zero attached hydrogens (tertiary/aromatic N) is 1. The Morgan fingerprint density at radius 1 is 1.28 bits per heavy atom. The van der Waals surface area contributed by atoms with Crippen LogP contribution in [0, 0.1) is 10.1 Å². The van der Waals surface area contributed by atoms with Gasteiger partial charge in [-0.3, -0.25) is 14.9 Å². The molecule has 1 aromatic carbocycles. The minimum Gasteiger partial charge on any atom is -0.451 e. The van der Waals surface area contributed by atoms with Gasteiger partial charge in [0.1, 0.15) is 5.75 Å². The Kier molecular flexibility index (Phi) is 4.36. The maximum atomic E-state index is 11.4. The minimum absolute atomic E-state index is 0.108. The van der Waals surface area contributed by atoms with Crippen molar-refractivity contribution >= 4 is 17.6 Å². The average molecular weight is 253 g/mol. The second kappa shape index (κ2) is 5.76. The molecule has 0 fully saturated rings. The molecule has 7 heteroatoms. The molecular formula is C11H11NO6. The van der Waals surface area contributed by atoms with E-state index < -0.39 is 23.0 Å². The van der Waals surface area contributed by atoms with E-state index in [1.165, 1.54) is 38.1 Å². The van der Waals surface area contributed by atoms with Gasteiger partial charge in [0.15, 0.2) is 6.10 Å². The van der Waals surface area contributed by atoms with Crippen molar-refractivity contribution in [1.29, 1.82) is 0 Å². The first-order chi connectivity index (χ1) is 8.40. The van der Waals surface area contributed by atoms with E-state index in [0.717, 1.165) is 0 Å². The van der Waals surface area contributed by atoms with Crippen molar-refractivity contribution in [2.24, 2.45) is 0 Å². The van der Waals surface area contributed by atoms with Gasteiger partial charge in [-0.25, -0.2) is 4.79 Å². The second-order valence-electron chi connectivity index (χ2n) is 3.42. The van der Waals surface area contributed by atoms with Crippen LogP contribution in [-0.4, -0.2) is 23.0 Å². The summed E-state index contributed by atoms with van der Waals surface area (Å²) in [7, 11) is 0. The first-order valence-electron chi connectivity index (χ1n) is 5.03. The summed E-state index contributed by atoms with van der Waals surface area (Å²) in [5.41, 5.74) is -0.108. The summed E-state index contributed by atoms with van der Waals surface area (Å²) in [5, 5.41) is 10.4. The van der Waals surface area contributed by atoms with Gasteiger partial charge in [0.2, 0.25) is 0 Å². The van der Waals surface area contributed by atoms with Crippen LogP contribution < -0.4 is 4.74 Å². The van der Waals surface area contributed by atoms with E-state index in [9.17, 15) is 19.7 Å². The molecule has 0 bridgehead atoms. The molecule has 96 valence electrons. The van der Waals surface area contributed by atoms with Crippen molar-refractivity contribution in [2.45, 2.75) is 20.0 Å². The largest absolute Gasteiger partial charge is 0.451 e. The average Bonchev–Trinajstić information content (AvgIpc) is 2.28. The van der Waals surface area contributed by atoms with Crippen LogP contribution in [-0.2, 0) is 14.3 Å². The van der Waals surface area contributed by atoms with Gasteiger partial charge >= 0.3 is 11.9 Å². The van der Waals surface area contributed by atoms with Gasteiger partial charge in [0, 0.05) is 19.1 Å². The Morgan fingerprint density at radius 3 is 2.28 bits per heavy atom. The predicted molar refractivity (Wildman–Crippen MR) is 60.0 cm³/mol. The molecule has 0 saturated carbocycles. The molecule has 0 N–H and O–H groups in total. The zero-order valence-electron chi connectivity index (χ0n) is 9.78. The third kappa shape index (κ3) is 3.85. The molecule has 0 amide bonds. The minimum atomic E-state index is -1.03. The van der Waals surface area contributed by atoms with Gasteiger partial charge in [-0.15, -0.1) is 0 Å². The van der Waals surface area contributed by atoms with E-state index in [4.69, 9.17) is 4.74 Å². The van der Waals surface area contributed by atoms with Crippen LogP contribution in [0.3, 0.4) is 0 Å². The van der Waals surface area contributed by atoms with Crippen molar-refractivity contribution in [3.8, 4) is 5.75 Å². The smallest absolute Gasteiger partial charge is 0.352 e. The molecular weight excluding hydrogens is 242 g/mol. The van der Waals surface area contributed by atoms with Crippen LogP contribution in [0.5, 0.6) is 5.75 Å². The second-order valence-corrected chi connectivity index (χ2v) is 3.42. The number of non-ortho nitro benzene ring substituents is 1. The van der Waals surface area contributed by atoms with E-state index in [1.54, 1.807) is 0 Å². The van der Waals surface area contributed by atoms with Crippen LogP contribution in [0.1, 0.15) is 13.8 Å². The Morgan fingerprint density at radius 2 is 1.83 bits per heavy atom. The van der Waals surface area contributed by atoms with E-state index in [1.807, 2.05) is 0 Å². The van der Waals surface area contributed by atoms with Gasteiger partial charge in [-0.2, -0.15) is 0 Å². The zero-order valence-corrected chi connectivity index (χ0v) is 9.78. The maximum absolute atomic E-state index is 11.4. The first kappa shape index (κ1) is 13.6. The van der Waals surface area contributed by atoms with Crippen molar-refractivity contribution < 1.29 is 24.0 Å². The molecule has 1 atom stereocenters. The van der Waals surface area contributed by atoms with E-state index in [0.29, 0.717) is 0 Å². The maximum Gasteiger partial charge on any atom is 0.352 e. The number of rotatable bonds is 4. The highest BCUT2D eigenvalue weighted by atomic mass is 16.6. The highest BCUT2D eigenvalue weighted by molar-refractivity contribution is 5.80. The number of carbonyl (C=O) groups excluding carboxylic acids is 2. The fourth-order valence-electron chi connectivity index (χ4n) is 1.13. The molecule has 1 rings (SSSR count). The molecule has 0 heterocycles. The quantitative estimate of drug-likeness (QED) is 0.349. The standard InChI is InChI=1S/C11H11NO6/c1-7(17-8(2)13)11(14)18-10-5-3-9(4-6-10)12(15)16/h3-7H,1-2H3. The summed E-state index contributed by atoms with van der Waals surface area (Å²) in [6, 6.07) is 4.99. The Hall–Kier alpha value is -2.44. The fraction of sp³-hybridized carbons (Fsp3) is 0.273. The number of hydrogen-bond acceptors (Lipinski definition) is 6. The fourth-order valence-corrected chi connectivity index (χ4v) is 1.13. The third-order valence-electron chi connectivity index (χ3n) is 1.94. The van der Waals surface area contributed by atoms with Crippen LogP contribution >= 0.6 is 0 Å². The summed E-state index contributed by atoms with van der Waals surface area (Å²) >= 11 is 0. The summed E-state index contributed by atoms with van der Waals surface area (Å²) < 4.78 is 9.50. The van der Waals surface area contributed by atoms with E-state index >= 15 is 0 Å². The van der Waals surface area contributed by atoms with Gasteiger partial charge in [0.05, 0.1) is 4.92 Å². The van der Waals surface area contributed by atoms with Crippen molar-refractivity contribution in [1.82, 2.24) is 0 Å². The zero-order chi connectivity index (χ0) is 13.7. The molecule has 0 saturated heterocycles. The summed E-state index contributed by atoms with van der Waals surface area (Å²) in [5.74, 6) is -1.20. The van der Waals surface area contributed by atoms with Gasteiger partial charge < -0.3 is 9.47 Å². The molecule has 0 aliphatic rings. The molecule has 7 nitrogen and oxygen atoms in total. The van der Waals surface area contributed by atoms with E-state index in [2.05, 4.69) is 4.74 Å². The number of esters is 2. The number of benzene rings is 1. The number of hydrogen-bond donors (Lipinski definition) is 0. The molecule has 0 aliphatic carbocycles. The lowest BCUT2D eigenvalue weighted by Gasteiger charge is -2.10. The summed E-state index contributed by atoms with van der Waals surface area (Å²) in [4.78, 5) is 31.9. The van der Waals surface area contributed by atoms with Crippen LogP contribution in [0.25, 0.3) is 0 Å². The Balaban J connectivity index is 2.64. The molecule has 1 unspecified atom stereocenters. The molecule has 1 aromatic rings. The van der Waals surface area contributed by atoms with Crippen molar-refractivity contribution in [3.05, 3.63) is 34.4 Å². The lowest BCUT2D eigenvalue weighted by atomic mass is 10.3. The van der Waals surface area contributed by atoms with Gasteiger partial charge in [0.25, 0.3) is 5.69 Å². The number of nitro groups is 1. The number of nitro benzene ring substituents is 1. The van der Waals surface area contributed by atoms with Crippen molar-refractivity contribution in [2.75, 3.05) is 0 Å². The molecule has 0 radical (unpaired) electrons. The van der Waals surface area contributed by atoms with Crippen LogP contribution in [0.4, 0.5) is 5.69 Å². The summed E-state index contributed by atoms with van der Waals surface area (Å²) in [6.45, 7) is 2.55. The lowest BCUT2D eigenvalue weighted by molar-refractivity contribution is -0.384. The SMILES string of the molecule is CC(=O)OC(C)C(=O)Oc1ccc([N+](=O)[O-])cc1. The first-order valence-corrected chi connectivity index (χ1v) is 5.03. The molecule has 0 spiro atoms. The normalized spacial score (nSPS) is 11.4. The molecule has 0 aliphatic heterocycles. The monoisotopic (exact) mass is 253 g/mol. The topological polar surface area (TPSA) is 95.7 Å². The van der Waals surface area contributed by atoms with Gasteiger partial charge in [-0.05, 0) is 19.1 Å². The predicted octanol–water partition coefficient (Wildman–Crippen LogP) is 1.45. The summed E-state index contributed by atoms with van der Waals surface area (Å²) in [6.07, 6.45) is -1.03. The van der Waals surface area contributed by atoms with Crippen LogP contribution in [0.2, 0.25) is 0 Å². The third-order valence-corrected chi connectivity index (χ3v) is 1.94. The van der Waals surface area contributed by atoms with Gasteiger partial charge in [-0.1, -0.05) is 0 Å². The Labute approximate surface area is 102 Å². The highest BCUT2D eigenvalue weighted by Crippen LogP contribution is 2.17. The van der Waals surface area contributed by atoms with Crippen molar-refractivity contribution in [3.63, 3.8) is 0 Å². The Bertz CT molecular complexity index is 467.